The van der Waals surface area contributed by atoms with Crippen LogP contribution in [0.2, 0.25) is 0 Å². The number of halogens is 2. The van der Waals surface area contributed by atoms with Gasteiger partial charge >= 0.3 is 24.0 Å². The Morgan fingerprint density at radius 3 is 2.07 bits per heavy atom. The fraction of sp³-hybridized carbons (Fsp3) is 0.535. The maximum Gasteiger partial charge on any atom is 0.408 e. The number of fused-ring (bicyclic) bond motifs is 5. The number of rotatable bonds is 28. The van der Waals surface area contributed by atoms with E-state index < -0.39 is 190 Å². The molecule has 3 aromatic carbocycles. The molecule has 97 heavy (non-hydrogen) atoms. The zero-order valence-corrected chi connectivity index (χ0v) is 56.1. The summed E-state index contributed by atoms with van der Waals surface area (Å²) in [5.74, 6) is -12.7. The van der Waals surface area contributed by atoms with Crippen LogP contribution in [0, 0.1) is 45.6 Å². The van der Waals surface area contributed by atoms with Crippen LogP contribution < -0.4 is 32.7 Å². The molecule has 4 aliphatic carbocycles. The molecule has 6 amide bonds. The predicted octanol–water partition coefficient (Wildman–Crippen LogP) is 5.90. The lowest BCUT2D eigenvalue weighted by molar-refractivity contribution is -0.266. The van der Waals surface area contributed by atoms with Crippen LogP contribution in [0.25, 0.3) is 6.08 Å². The first-order valence-corrected chi connectivity index (χ1v) is 32.6. The van der Waals surface area contributed by atoms with E-state index in [0.29, 0.717) is 18.9 Å². The average Bonchev–Trinajstić information content (AvgIpc) is 0.674. The van der Waals surface area contributed by atoms with E-state index in [4.69, 9.17) is 30.4 Å². The Balaban J connectivity index is 1.01. The van der Waals surface area contributed by atoms with Crippen LogP contribution in [0.15, 0.2) is 96.1 Å². The second kappa shape index (κ2) is 31.2. The first-order valence-electron chi connectivity index (χ1n) is 32.6. The van der Waals surface area contributed by atoms with E-state index in [-0.39, 0.29) is 78.8 Å². The molecule has 0 spiro atoms. The van der Waals surface area contributed by atoms with Gasteiger partial charge in [0.15, 0.2) is 11.6 Å². The molecule has 26 heteroatoms. The molecule has 2 bridgehead atoms. The third kappa shape index (κ3) is 17.5. The van der Waals surface area contributed by atoms with Crippen LogP contribution in [0.3, 0.4) is 0 Å². The smallest absolute Gasteiger partial charge is 0.408 e. The molecular formula is C71H90F2N6O18. The van der Waals surface area contributed by atoms with E-state index in [1.807, 2.05) is 6.92 Å². The Bertz CT molecular complexity index is 3540. The van der Waals surface area contributed by atoms with E-state index in [1.165, 1.54) is 45.0 Å². The van der Waals surface area contributed by atoms with Crippen molar-refractivity contribution < 1.29 is 95.8 Å². The molecule has 0 aromatic heterocycles. The molecule has 0 saturated heterocycles. The number of hydrogen-bond donors (Lipinski definition) is 9. The number of hydrogen-bond acceptors (Lipinski definition) is 18. The number of carbonyl (C=O) groups is 11. The van der Waals surface area contributed by atoms with Gasteiger partial charge in [-0.25, -0.2) is 23.2 Å². The first-order chi connectivity index (χ1) is 45.4. The SMILES string of the molecule is CC1=C2[C@@H](O)C(=O)[C@@]3(C)[C@H]([C@H](OC(=O)c4ccccc4)[C@](O)(C[C@@H]1OC(=O)[C@H](OC(=O)CCC(=O)NCCCCC(NC(=O)CC[C@H](CC(=O)C(C)NC(=O)/C=C/c1ccc(F)cc1F)C(N)=O)C(N)=O)[C@@H](NC(=O)OC(C)(C)C)c1ccccc1)C2(C)C)[C@]1(C)CC[C@@H]1C[C@@H]3O. The van der Waals surface area contributed by atoms with Gasteiger partial charge in [-0.1, -0.05) is 69.3 Å². The molecule has 4 aliphatic rings. The third-order valence-electron chi connectivity index (χ3n) is 19.9. The van der Waals surface area contributed by atoms with Gasteiger partial charge in [0.2, 0.25) is 35.6 Å². The van der Waals surface area contributed by atoms with Crippen LogP contribution in [0.5, 0.6) is 0 Å². The lowest BCUT2D eigenvalue weighted by atomic mass is 9.37. The summed E-state index contributed by atoms with van der Waals surface area (Å²) in [6.45, 7) is 14.3. The zero-order valence-electron chi connectivity index (χ0n) is 56.1. The summed E-state index contributed by atoms with van der Waals surface area (Å²) in [5, 5.41) is 48.6. The Morgan fingerprint density at radius 2 is 1.46 bits per heavy atom. The van der Waals surface area contributed by atoms with E-state index in [9.17, 15) is 67.3 Å². The molecule has 24 nitrogen and oxygen atoms in total. The number of amides is 6. The van der Waals surface area contributed by atoms with Crippen molar-refractivity contribution in [2.24, 2.45) is 45.5 Å². The number of ether oxygens (including phenoxy) is 4. The van der Waals surface area contributed by atoms with Crippen LogP contribution >= 0.6 is 0 Å². The number of benzene rings is 3. The van der Waals surface area contributed by atoms with Crippen molar-refractivity contribution >= 4 is 71.2 Å². The monoisotopic (exact) mass is 1350 g/mol. The molecule has 11 N–H and O–H groups in total. The van der Waals surface area contributed by atoms with E-state index in [1.54, 1.807) is 71.0 Å². The summed E-state index contributed by atoms with van der Waals surface area (Å²) in [7, 11) is 0. The molecule has 0 radical (unpaired) electrons. The van der Waals surface area contributed by atoms with E-state index >= 15 is 9.59 Å². The van der Waals surface area contributed by atoms with Gasteiger partial charge in [-0.2, -0.15) is 0 Å². The van der Waals surface area contributed by atoms with Gasteiger partial charge in [0, 0.05) is 67.2 Å². The second-order valence-corrected chi connectivity index (χ2v) is 27.8. The Morgan fingerprint density at radius 1 is 0.804 bits per heavy atom. The number of alkyl carbamates (subject to hydrolysis) is 1. The lowest BCUT2D eigenvalue weighted by Crippen LogP contribution is -2.75. The number of unbranched alkanes of at least 4 members (excludes halogenated alkanes) is 1. The van der Waals surface area contributed by atoms with Crippen molar-refractivity contribution in [1.82, 2.24) is 21.3 Å². The highest BCUT2D eigenvalue weighted by molar-refractivity contribution is 5.97. The van der Waals surface area contributed by atoms with Crippen molar-refractivity contribution in [1.29, 1.82) is 0 Å². The molecule has 14 atom stereocenters. The molecule has 3 saturated carbocycles. The van der Waals surface area contributed by atoms with Gasteiger partial charge in [0.1, 0.15) is 53.2 Å². The van der Waals surface area contributed by atoms with Crippen LogP contribution in [0.4, 0.5) is 13.6 Å². The molecular weight excluding hydrogens is 1260 g/mol. The number of primary amides is 2. The van der Waals surface area contributed by atoms with Gasteiger partial charge < -0.3 is 67.0 Å². The fourth-order valence-electron chi connectivity index (χ4n) is 14.2. The minimum absolute atomic E-state index is 0.0113. The van der Waals surface area contributed by atoms with Gasteiger partial charge in [0.05, 0.1) is 29.5 Å². The normalized spacial score (nSPS) is 25.6. The molecule has 526 valence electrons. The number of nitrogens with two attached hydrogens (primary N) is 2. The molecule has 7 rings (SSSR count). The molecule has 2 unspecified atom stereocenters. The summed E-state index contributed by atoms with van der Waals surface area (Å²) < 4.78 is 51.6. The fourth-order valence-corrected chi connectivity index (χ4v) is 14.2. The summed E-state index contributed by atoms with van der Waals surface area (Å²) in [4.78, 5) is 149. The number of aliphatic hydroxyl groups excluding tert-OH is 2. The lowest BCUT2D eigenvalue weighted by Gasteiger charge is -2.68. The standard InChI is InChI=1S/C71H90F2N6O18/c1-38-49(37-71(93)61(96-64(90)42-20-14-11-15-21-42)59-69(8)32-31-44(69)35-50(81)70(59,9)60(87)57(86)55(38)68(71,6)7)94-65(91)58(56(41-18-12-10-13-19-41)79-66(92)97-67(3,4)5)95-54(85)30-29-51(82)76-33-17-16-22-47(63(75)89)78-53(84)28-25-43(62(74)88)34-48(80)39(2)77-52(83)27-24-40-23-26-45(72)36-46(40)73/h10-15,18-21,23-24,26-27,36,39,43-44,47,49-50,56-59,61,81,86,93H,16-17,22,25,28-35,37H2,1-9H3,(H2,74,88)(H2,75,89)(H,76,82)(H,77,83)(H,78,84)(H,79,92)/b27-24+/t39?,43-,44-,47?,49+,50+,56+,57-,58-,59-,61+,69-,70-,71-/m1/s1. The Labute approximate surface area is 561 Å². The van der Waals surface area contributed by atoms with Gasteiger partial charge in [-0.15, -0.1) is 0 Å². The largest absolute Gasteiger partial charge is 0.455 e. The van der Waals surface area contributed by atoms with Crippen molar-refractivity contribution in [3.05, 3.63) is 124 Å². The predicted molar refractivity (Wildman–Crippen MR) is 346 cm³/mol. The average molecular weight is 1350 g/mol. The Kier molecular flexibility index (Phi) is 24.3. The van der Waals surface area contributed by atoms with Crippen LogP contribution in [0.1, 0.15) is 167 Å². The topological polar surface area (TPSA) is 386 Å². The quantitative estimate of drug-likeness (QED) is 0.0134. The van der Waals surface area contributed by atoms with E-state index in [2.05, 4.69) is 21.3 Å². The zero-order chi connectivity index (χ0) is 71.7. The minimum Gasteiger partial charge on any atom is -0.455 e. The highest BCUT2D eigenvalue weighted by atomic mass is 19.1. The van der Waals surface area contributed by atoms with Crippen molar-refractivity contribution in [3.8, 4) is 0 Å². The number of ketones is 2. The van der Waals surface area contributed by atoms with Gasteiger partial charge in [-0.3, -0.25) is 38.4 Å². The number of aliphatic hydroxyl groups is 3. The number of Topliss-reactive ketones (excluding diaryl/α,β-unsaturated/α-hetero) is 2. The maximum atomic E-state index is 15.3. The van der Waals surface area contributed by atoms with Crippen LogP contribution in [-0.2, 0) is 62.1 Å². The molecule has 0 heterocycles. The highest BCUT2D eigenvalue weighted by Crippen LogP contribution is 2.69. The summed E-state index contributed by atoms with van der Waals surface area (Å²) in [5.41, 5.74) is 3.91. The molecule has 0 aliphatic heterocycles. The first kappa shape index (κ1) is 75.6. The minimum atomic E-state index is -2.28. The number of esters is 3. The van der Waals surface area contributed by atoms with Gasteiger partial charge in [0.25, 0.3) is 0 Å². The van der Waals surface area contributed by atoms with Crippen LogP contribution in [-0.4, -0.2) is 141 Å². The summed E-state index contributed by atoms with van der Waals surface area (Å²) in [6.07, 6.45) is -8.30. The van der Waals surface area contributed by atoms with Crippen molar-refractivity contribution in [2.45, 2.75) is 199 Å². The van der Waals surface area contributed by atoms with Crippen molar-refractivity contribution in [2.75, 3.05) is 6.54 Å². The summed E-state index contributed by atoms with van der Waals surface area (Å²) in [6, 6.07) is 14.8. The second-order valence-electron chi connectivity index (χ2n) is 27.8. The van der Waals surface area contributed by atoms with E-state index in [0.717, 1.165) is 24.3 Å². The van der Waals surface area contributed by atoms with Crippen molar-refractivity contribution in [3.63, 3.8) is 0 Å². The molecule has 3 aromatic rings. The summed E-state index contributed by atoms with van der Waals surface area (Å²) >= 11 is 0. The Hall–Kier alpha value is -8.75. The van der Waals surface area contributed by atoms with Gasteiger partial charge in [-0.05, 0) is 145 Å². The third-order valence-corrected chi connectivity index (χ3v) is 19.9. The number of nitrogens with one attached hydrogen (secondary N) is 4. The highest BCUT2D eigenvalue weighted by Gasteiger charge is 2.74. The number of carbonyl (C=O) groups excluding carboxylic acids is 11. The molecule has 3 fully saturated rings. The maximum absolute atomic E-state index is 15.3.